The summed E-state index contributed by atoms with van der Waals surface area (Å²) in [4.78, 5) is 4.24. The molecule has 0 fully saturated rings. The highest BCUT2D eigenvalue weighted by Crippen LogP contribution is 2.19. The Morgan fingerprint density at radius 1 is 1.29 bits per heavy atom. The van der Waals surface area contributed by atoms with Crippen LogP contribution < -0.4 is 15.4 Å². The zero-order valence-corrected chi connectivity index (χ0v) is 17.0. The number of nitrogens with one attached hydrogen (secondary N) is 2. The molecule has 24 heavy (non-hydrogen) atoms. The van der Waals surface area contributed by atoms with Gasteiger partial charge in [0, 0.05) is 26.8 Å². The first-order valence-corrected chi connectivity index (χ1v) is 7.69. The van der Waals surface area contributed by atoms with E-state index < -0.39 is 0 Å². The first-order chi connectivity index (χ1) is 11.1. The van der Waals surface area contributed by atoms with Crippen molar-refractivity contribution in [2.24, 2.45) is 12.0 Å². The van der Waals surface area contributed by atoms with Gasteiger partial charge in [0.25, 0.3) is 0 Å². The van der Waals surface area contributed by atoms with E-state index in [1.807, 2.05) is 23.9 Å². The maximum atomic E-state index is 5.41. The lowest BCUT2D eigenvalue weighted by molar-refractivity contribution is 0.409. The van der Waals surface area contributed by atoms with E-state index in [9.17, 15) is 0 Å². The van der Waals surface area contributed by atoms with E-state index in [-0.39, 0.29) is 24.0 Å². The lowest BCUT2D eigenvalue weighted by Crippen LogP contribution is -2.38. The van der Waals surface area contributed by atoms with Crippen LogP contribution in [0.1, 0.15) is 16.8 Å². The van der Waals surface area contributed by atoms with Gasteiger partial charge in [0.2, 0.25) is 0 Å². The van der Waals surface area contributed by atoms with Crippen LogP contribution in [0.25, 0.3) is 0 Å². The predicted molar refractivity (Wildman–Crippen MR) is 108 cm³/mol. The number of hydrogen-bond donors (Lipinski definition) is 2. The van der Waals surface area contributed by atoms with Crippen LogP contribution in [0.4, 0.5) is 0 Å². The average Bonchev–Trinajstić information content (AvgIpc) is 2.96. The van der Waals surface area contributed by atoms with Crippen LogP contribution in [-0.4, -0.2) is 36.4 Å². The Morgan fingerprint density at radius 3 is 2.71 bits per heavy atom. The topological polar surface area (TPSA) is 63.5 Å². The molecule has 0 aliphatic heterocycles. The second-order valence-electron chi connectivity index (χ2n) is 5.36. The van der Waals surface area contributed by atoms with Crippen molar-refractivity contribution in [3.8, 4) is 5.75 Å². The number of aryl methyl sites for hydroxylation is 2. The van der Waals surface area contributed by atoms with Gasteiger partial charge in [-0.25, -0.2) is 0 Å². The van der Waals surface area contributed by atoms with Gasteiger partial charge in [-0.3, -0.25) is 9.67 Å². The van der Waals surface area contributed by atoms with Crippen molar-refractivity contribution in [3.05, 3.63) is 47.3 Å². The Morgan fingerprint density at radius 2 is 2.08 bits per heavy atom. The summed E-state index contributed by atoms with van der Waals surface area (Å²) in [5.41, 5.74) is 3.54. The normalized spacial score (nSPS) is 10.9. The van der Waals surface area contributed by atoms with Crippen molar-refractivity contribution in [1.82, 2.24) is 20.4 Å². The van der Waals surface area contributed by atoms with Crippen molar-refractivity contribution in [1.29, 1.82) is 0 Å². The van der Waals surface area contributed by atoms with Gasteiger partial charge in [0.15, 0.2) is 5.96 Å². The molecule has 2 aromatic rings. The summed E-state index contributed by atoms with van der Waals surface area (Å²) in [6.07, 6.45) is 2.66. The molecule has 0 bridgehead atoms. The van der Waals surface area contributed by atoms with Crippen LogP contribution in [0.2, 0.25) is 0 Å². The maximum absolute atomic E-state index is 5.41. The Bertz CT molecular complexity index is 669. The molecule has 0 aliphatic carbocycles. The molecule has 1 aromatic carbocycles. The van der Waals surface area contributed by atoms with Crippen LogP contribution in [0, 0.1) is 6.92 Å². The summed E-state index contributed by atoms with van der Waals surface area (Å²) in [5, 5.41) is 10.8. The van der Waals surface area contributed by atoms with Crippen LogP contribution in [-0.2, 0) is 20.0 Å². The van der Waals surface area contributed by atoms with Gasteiger partial charge in [0.05, 0.1) is 19.3 Å². The summed E-state index contributed by atoms with van der Waals surface area (Å²) >= 11 is 0. The molecule has 0 aliphatic rings. The fraction of sp³-hybridized carbons (Fsp3) is 0.412. The van der Waals surface area contributed by atoms with Gasteiger partial charge in [0.1, 0.15) is 5.75 Å². The first-order valence-electron chi connectivity index (χ1n) is 7.69. The maximum Gasteiger partial charge on any atom is 0.191 e. The summed E-state index contributed by atoms with van der Waals surface area (Å²) in [7, 11) is 5.40. The SMILES string of the molecule is CN=C(NCCc1cc(C)ccc1OC)NCc1ccnn1C.I. The van der Waals surface area contributed by atoms with Gasteiger partial charge >= 0.3 is 0 Å². The molecular formula is C17H26IN5O. The number of aliphatic imine (C=N–C) groups is 1. The van der Waals surface area contributed by atoms with Gasteiger partial charge < -0.3 is 15.4 Å². The molecule has 1 heterocycles. The van der Waals surface area contributed by atoms with Gasteiger partial charge in [-0.2, -0.15) is 5.10 Å². The van der Waals surface area contributed by atoms with E-state index in [1.54, 1.807) is 20.4 Å². The standard InChI is InChI=1S/C17H25N5O.HI/c1-13-5-6-16(23-4)14(11-13)7-9-19-17(18-2)20-12-15-8-10-21-22(15)3;/h5-6,8,10-11H,7,9,12H2,1-4H3,(H2,18,19,20);1H. The van der Waals surface area contributed by atoms with E-state index in [1.165, 1.54) is 11.1 Å². The molecular weight excluding hydrogens is 417 g/mol. The highest BCUT2D eigenvalue weighted by Gasteiger charge is 2.05. The van der Waals surface area contributed by atoms with Crippen LogP contribution in [0.5, 0.6) is 5.75 Å². The van der Waals surface area contributed by atoms with Crippen LogP contribution in [0.3, 0.4) is 0 Å². The molecule has 0 amide bonds. The van der Waals surface area contributed by atoms with Gasteiger partial charge in [-0.1, -0.05) is 17.7 Å². The van der Waals surface area contributed by atoms with Crippen molar-refractivity contribution in [3.63, 3.8) is 0 Å². The zero-order chi connectivity index (χ0) is 16.7. The number of rotatable bonds is 6. The zero-order valence-electron chi connectivity index (χ0n) is 14.7. The van der Waals surface area contributed by atoms with Crippen molar-refractivity contribution >= 4 is 29.9 Å². The van der Waals surface area contributed by atoms with Crippen molar-refractivity contribution in [2.75, 3.05) is 20.7 Å². The molecule has 7 heteroatoms. The summed E-state index contributed by atoms with van der Waals surface area (Å²) in [6, 6.07) is 8.22. The van der Waals surface area contributed by atoms with Crippen LogP contribution in [0.15, 0.2) is 35.5 Å². The Hall–Kier alpha value is -1.77. The third-order valence-electron chi connectivity index (χ3n) is 3.71. The van der Waals surface area contributed by atoms with E-state index in [4.69, 9.17) is 4.74 Å². The number of benzene rings is 1. The molecule has 2 rings (SSSR count). The lowest BCUT2D eigenvalue weighted by Gasteiger charge is -2.13. The number of halogens is 1. The number of aromatic nitrogens is 2. The van der Waals surface area contributed by atoms with Gasteiger partial charge in [-0.05, 0) is 31.0 Å². The third kappa shape index (κ3) is 5.70. The second-order valence-corrected chi connectivity index (χ2v) is 5.36. The summed E-state index contributed by atoms with van der Waals surface area (Å²) in [5.74, 6) is 1.70. The molecule has 2 N–H and O–H groups in total. The quantitative estimate of drug-likeness (QED) is 0.409. The molecule has 6 nitrogen and oxygen atoms in total. The molecule has 1 aromatic heterocycles. The fourth-order valence-electron chi connectivity index (χ4n) is 2.39. The number of ether oxygens (including phenoxy) is 1. The second kappa shape index (κ2) is 10.2. The van der Waals surface area contributed by atoms with E-state index in [2.05, 4.69) is 39.8 Å². The Kier molecular flexibility index (Phi) is 8.59. The molecule has 132 valence electrons. The Balaban J connectivity index is 0.00000288. The van der Waals surface area contributed by atoms with E-state index in [0.717, 1.165) is 30.4 Å². The van der Waals surface area contributed by atoms with Crippen LogP contribution >= 0.6 is 24.0 Å². The number of hydrogen-bond acceptors (Lipinski definition) is 3. The average molecular weight is 443 g/mol. The highest BCUT2D eigenvalue weighted by atomic mass is 127. The summed E-state index contributed by atoms with van der Waals surface area (Å²) < 4.78 is 7.26. The fourth-order valence-corrected chi connectivity index (χ4v) is 2.39. The van der Waals surface area contributed by atoms with Crippen molar-refractivity contribution < 1.29 is 4.74 Å². The van der Waals surface area contributed by atoms with Gasteiger partial charge in [-0.15, -0.1) is 24.0 Å². The molecule has 0 spiro atoms. The molecule has 0 unspecified atom stereocenters. The largest absolute Gasteiger partial charge is 0.496 e. The van der Waals surface area contributed by atoms with Crippen molar-refractivity contribution in [2.45, 2.75) is 19.9 Å². The lowest BCUT2D eigenvalue weighted by atomic mass is 10.1. The Labute approximate surface area is 160 Å². The molecule has 0 radical (unpaired) electrons. The predicted octanol–water partition coefficient (Wildman–Crippen LogP) is 2.26. The first kappa shape index (κ1) is 20.3. The monoisotopic (exact) mass is 443 g/mol. The minimum Gasteiger partial charge on any atom is -0.496 e. The number of guanidine groups is 1. The molecule has 0 saturated carbocycles. The highest BCUT2D eigenvalue weighted by molar-refractivity contribution is 14.0. The minimum atomic E-state index is 0. The smallest absolute Gasteiger partial charge is 0.191 e. The van der Waals surface area contributed by atoms with E-state index >= 15 is 0 Å². The molecule has 0 saturated heterocycles. The minimum absolute atomic E-state index is 0. The number of methoxy groups -OCH3 is 1. The number of nitrogens with zero attached hydrogens (tertiary/aromatic N) is 3. The summed E-state index contributed by atoms with van der Waals surface area (Å²) in [6.45, 7) is 3.56. The van der Waals surface area contributed by atoms with E-state index in [0.29, 0.717) is 6.54 Å². The molecule has 0 atom stereocenters. The third-order valence-corrected chi connectivity index (χ3v) is 3.71.